The van der Waals surface area contributed by atoms with Crippen LogP contribution in [0.15, 0.2) is 0 Å². The van der Waals surface area contributed by atoms with Crippen LogP contribution in [0.4, 0.5) is 0 Å². The molecule has 1 aliphatic heterocycles. The van der Waals surface area contributed by atoms with E-state index in [4.69, 9.17) is 5.73 Å². The predicted molar refractivity (Wildman–Crippen MR) is 65.2 cm³/mol. The number of likely N-dealkylation sites (tertiary alicyclic amines) is 1. The molecule has 1 aliphatic rings. The van der Waals surface area contributed by atoms with E-state index in [-0.39, 0.29) is 5.91 Å². The van der Waals surface area contributed by atoms with Gasteiger partial charge in [0.05, 0.1) is 6.54 Å². The van der Waals surface area contributed by atoms with Crippen molar-refractivity contribution in [2.24, 2.45) is 5.73 Å². The maximum Gasteiger partial charge on any atom is 0.234 e. The van der Waals surface area contributed by atoms with E-state index < -0.39 is 0 Å². The van der Waals surface area contributed by atoms with E-state index in [1.807, 2.05) is 7.05 Å². The summed E-state index contributed by atoms with van der Waals surface area (Å²) in [5.74, 6) is 0.0635. The van der Waals surface area contributed by atoms with Crippen molar-refractivity contribution in [2.45, 2.75) is 18.9 Å². The lowest BCUT2D eigenvalue weighted by Crippen LogP contribution is -2.42. The van der Waals surface area contributed by atoms with Gasteiger partial charge < -0.3 is 16.0 Å². The fraction of sp³-hybridized carbons (Fsp3) is 0.909. The first kappa shape index (κ1) is 13.4. The average Bonchev–Trinajstić information content (AvgIpc) is 2.61. The van der Waals surface area contributed by atoms with E-state index >= 15 is 0 Å². The number of nitrogens with two attached hydrogens (primary N) is 1. The molecule has 0 spiro atoms. The first-order chi connectivity index (χ1) is 7.63. The van der Waals surface area contributed by atoms with Crippen LogP contribution in [0.25, 0.3) is 0 Å². The highest BCUT2D eigenvalue weighted by atomic mass is 16.2. The second-order valence-electron chi connectivity index (χ2n) is 4.61. The van der Waals surface area contributed by atoms with Gasteiger partial charge >= 0.3 is 0 Å². The third-order valence-electron chi connectivity index (χ3n) is 3.07. The number of hydrogen-bond donors (Lipinski definition) is 2. The molecule has 94 valence electrons. The molecule has 5 nitrogen and oxygen atoms in total. The van der Waals surface area contributed by atoms with E-state index in [1.54, 1.807) is 0 Å². The summed E-state index contributed by atoms with van der Waals surface area (Å²) in [6, 6.07) is 0.604. The molecule has 1 saturated heterocycles. The summed E-state index contributed by atoms with van der Waals surface area (Å²) in [4.78, 5) is 15.9. The van der Waals surface area contributed by atoms with Crippen LogP contribution in [0.2, 0.25) is 0 Å². The molecule has 0 aliphatic carbocycles. The quantitative estimate of drug-likeness (QED) is 0.618. The number of hydrogen-bond acceptors (Lipinski definition) is 4. The summed E-state index contributed by atoms with van der Waals surface area (Å²) in [6.45, 7) is 3.67. The minimum atomic E-state index is 0.0635. The number of rotatable bonds is 6. The molecule has 0 aromatic rings. The smallest absolute Gasteiger partial charge is 0.234 e. The lowest BCUT2D eigenvalue weighted by Gasteiger charge is -2.25. The molecular formula is C11H24N4O. The van der Waals surface area contributed by atoms with E-state index in [1.165, 1.54) is 19.4 Å². The van der Waals surface area contributed by atoms with Gasteiger partial charge in [-0.15, -0.1) is 0 Å². The van der Waals surface area contributed by atoms with Gasteiger partial charge in [0.1, 0.15) is 0 Å². The van der Waals surface area contributed by atoms with Crippen LogP contribution in [0.1, 0.15) is 12.8 Å². The Bertz CT molecular complexity index is 222. The van der Waals surface area contributed by atoms with Gasteiger partial charge in [-0.3, -0.25) is 9.69 Å². The second kappa shape index (κ2) is 6.83. The van der Waals surface area contributed by atoms with Crippen molar-refractivity contribution in [3.8, 4) is 0 Å². The van der Waals surface area contributed by atoms with Gasteiger partial charge in [-0.05, 0) is 33.5 Å². The minimum absolute atomic E-state index is 0.0635. The van der Waals surface area contributed by atoms with E-state index in [0.29, 0.717) is 25.7 Å². The molecule has 0 saturated carbocycles. The normalized spacial score (nSPS) is 21.6. The maximum absolute atomic E-state index is 11.4. The van der Waals surface area contributed by atoms with Crippen molar-refractivity contribution in [1.82, 2.24) is 15.1 Å². The molecule has 1 fully saturated rings. The monoisotopic (exact) mass is 228 g/mol. The van der Waals surface area contributed by atoms with Crippen LogP contribution in [-0.4, -0.2) is 68.6 Å². The summed E-state index contributed by atoms with van der Waals surface area (Å²) in [5.41, 5.74) is 5.32. The number of amides is 1. The average molecular weight is 228 g/mol. The minimum Gasteiger partial charge on any atom is -0.354 e. The first-order valence-corrected chi connectivity index (χ1v) is 5.99. The van der Waals surface area contributed by atoms with E-state index in [0.717, 1.165) is 6.54 Å². The highest BCUT2D eigenvalue weighted by molar-refractivity contribution is 5.77. The first-order valence-electron chi connectivity index (χ1n) is 5.99. The molecule has 0 aromatic carbocycles. The Kier molecular flexibility index (Phi) is 5.73. The molecule has 1 atom stereocenters. The Labute approximate surface area is 98.0 Å². The number of carbonyl (C=O) groups is 1. The predicted octanol–water partition coefficient (Wildman–Crippen LogP) is -0.913. The zero-order valence-electron chi connectivity index (χ0n) is 10.4. The number of nitrogens with one attached hydrogen (secondary N) is 1. The summed E-state index contributed by atoms with van der Waals surface area (Å²) in [7, 11) is 4.15. The van der Waals surface area contributed by atoms with Crippen molar-refractivity contribution in [1.29, 1.82) is 0 Å². The Morgan fingerprint density at radius 3 is 2.94 bits per heavy atom. The van der Waals surface area contributed by atoms with Crippen molar-refractivity contribution in [2.75, 3.05) is 46.8 Å². The SMILES string of the molecule is CN(CC(=O)NCCN)CC1CCCN1C. The molecule has 5 heteroatoms. The third kappa shape index (κ3) is 4.47. The molecule has 3 N–H and O–H groups in total. The van der Waals surface area contributed by atoms with Gasteiger partial charge in [-0.25, -0.2) is 0 Å². The number of carbonyl (C=O) groups excluding carboxylic acids is 1. The molecule has 1 unspecified atom stereocenters. The van der Waals surface area contributed by atoms with E-state index in [9.17, 15) is 4.79 Å². The van der Waals surface area contributed by atoms with Crippen LogP contribution < -0.4 is 11.1 Å². The highest BCUT2D eigenvalue weighted by Gasteiger charge is 2.22. The molecular weight excluding hydrogens is 204 g/mol. The highest BCUT2D eigenvalue weighted by Crippen LogP contribution is 2.14. The van der Waals surface area contributed by atoms with Gasteiger partial charge in [0.2, 0.25) is 5.91 Å². The van der Waals surface area contributed by atoms with Gasteiger partial charge in [-0.2, -0.15) is 0 Å². The van der Waals surface area contributed by atoms with Gasteiger partial charge in [-0.1, -0.05) is 0 Å². The molecule has 0 bridgehead atoms. The summed E-state index contributed by atoms with van der Waals surface area (Å²) in [6.07, 6.45) is 2.51. The molecule has 1 heterocycles. The summed E-state index contributed by atoms with van der Waals surface area (Å²) >= 11 is 0. The van der Waals surface area contributed by atoms with Crippen molar-refractivity contribution < 1.29 is 4.79 Å². The summed E-state index contributed by atoms with van der Waals surface area (Å²) < 4.78 is 0. The molecule has 0 radical (unpaired) electrons. The van der Waals surface area contributed by atoms with Gasteiger partial charge in [0.15, 0.2) is 0 Å². The van der Waals surface area contributed by atoms with Gasteiger partial charge in [0.25, 0.3) is 0 Å². The van der Waals surface area contributed by atoms with Crippen molar-refractivity contribution >= 4 is 5.91 Å². The zero-order chi connectivity index (χ0) is 12.0. The molecule has 16 heavy (non-hydrogen) atoms. The third-order valence-corrected chi connectivity index (χ3v) is 3.07. The zero-order valence-corrected chi connectivity index (χ0v) is 10.4. The van der Waals surface area contributed by atoms with Crippen LogP contribution in [0.5, 0.6) is 0 Å². The fourth-order valence-corrected chi connectivity index (χ4v) is 2.15. The van der Waals surface area contributed by atoms with Crippen molar-refractivity contribution in [3.05, 3.63) is 0 Å². The topological polar surface area (TPSA) is 61.6 Å². The van der Waals surface area contributed by atoms with Crippen LogP contribution in [0, 0.1) is 0 Å². The lowest BCUT2D eigenvalue weighted by molar-refractivity contribution is -0.122. The van der Waals surface area contributed by atoms with Crippen molar-refractivity contribution in [3.63, 3.8) is 0 Å². The Morgan fingerprint density at radius 1 is 1.62 bits per heavy atom. The second-order valence-corrected chi connectivity index (χ2v) is 4.61. The Hall–Kier alpha value is -0.650. The fourth-order valence-electron chi connectivity index (χ4n) is 2.15. The van der Waals surface area contributed by atoms with Crippen LogP contribution in [-0.2, 0) is 4.79 Å². The molecule has 1 rings (SSSR count). The number of likely N-dealkylation sites (N-methyl/N-ethyl adjacent to an activating group) is 2. The Balaban J connectivity index is 2.19. The standard InChI is InChI=1S/C11H24N4O/c1-14(9-11(16)13-6-5-12)8-10-4-3-7-15(10)2/h10H,3-9,12H2,1-2H3,(H,13,16). The van der Waals surface area contributed by atoms with Crippen LogP contribution in [0.3, 0.4) is 0 Å². The molecule has 0 aromatic heterocycles. The van der Waals surface area contributed by atoms with Gasteiger partial charge in [0, 0.05) is 25.7 Å². The lowest BCUT2D eigenvalue weighted by atomic mass is 10.2. The largest absolute Gasteiger partial charge is 0.354 e. The number of nitrogens with zero attached hydrogens (tertiary/aromatic N) is 2. The van der Waals surface area contributed by atoms with Crippen LogP contribution >= 0.6 is 0 Å². The Morgan fingerprint density at radius 2 is 2.38 bits per heavy atom. The summed E-state index contributed by atoms with van der Waals surface area (Å²) in [5, 5.41) is 2.78. The van der Waals surface area contributed by atoms with E-state index in [2.05, 4.69) is 22.2 Å². The maximum atomic E-state index is 11.4. The molecule has 1 amide bonds.